The van der Waals surface area contributed by atoms with E-state index in [-0.39, 0.29) is 41.6 Å². The number of nitrogens with zero attached hydrogens (tertiary/aromatic N) is 1. The molecule has 1 saturated heterocycles. The molecule has 2 aromatic rings. The lowest BCUT2D eigenvalue weighted by molar-refractivity contribution is -0.121. The standard InChI is InChI=1S/C17H12F2N2O3/c18-11-4-5-14(13(19)9-11)20-17(24)10-2-1-3-12(8-10)21-15(22)6-7-16(21)23/h1-5,8-9H,6-7H2,(H,20,24). The number of imide groups is 1. The number of benzene rings is 2. The van der Waals surface area contributed by atoms with Crippen LogP contribution in [0.25, 0.3) is 0 Å². The Morgan fingerprint density at radius 3 is 2.38 bits per heavy atom. The summed E-state index contributed by atoms with van der Waals surface area (Å²) in [5.74, 6) is -2.95. The van der Waals surface area contributed by atoms with Crippen molar-refractivity contribution < 1.29 is 23.2 Å². The van der Waals surface area contributed by atoms with Crippen LogP contribution in [0, 0.1) is 11.6 Å². The van der Waals surface area contributed by atoms with Crippen molar-refractivity contribution in [3.8, 4) is 0 Å². The Morgan fingerprint density at radius 1 is 1.00 bits per heavy atom. The normalized spacial score (nSPS) is 14.2. The quantitative estimate of drug-likeness (QED) is 0.880. The zero-order valence-corrected chi connectivity index (χ0v) is 12.4. The van der Waals surface area contributed by atoms with E-state index in [0.29, 0.717) is 6.07 Å². The van der Waals surface area contributed by atoms with Crippen LogP contribution < -0.4 is 10.2 Å². The molecule has 1 heterocycles. The Hall–Kier alpha value is -3.09. The van der Waals surface area contributed by atoms with Gasteiger partial charge in [0.05, 0.1) is 11.4 Å². The van der Waals surface area contributed by atoms with Crippen molar-refractivity contribution in [2.45, 2.75) is 12.8 Å². The molecule has 7 heteroatoms. The van der Waals surface area contributed by atoms with Gasteiger partial charge in [-0.25, -0.2) is 8.78 Å². The molecule has 122 valence electrons. The predicted molar refractivity (Wildman–Crippen MR) is 82.5 cm³/mol. The fraction of sp³-hybridized carbons (Fsp3) is 0.118. The molecular formula is C17H12F2N2O3. The van der Waals surface area contributed by atoms with E-state index in [1.807, 2.05) is 0 Å². The largest absolute Gasteiger partial charge is 0.319 e. The summed E-state index contributed by atoms with van der Waals surface area (Å²) in [6.45, 7) is 0. The number of anilines is 2. The fourth-order valence-corrected chi connectivity index (χ4v) is 2.44. The summed E-state index contributed by atoms with van der Waals surface area (Å²) in [6, 6.07) is 8.69. The second kappa shape index (κ2) is 6.19. The topological polar surface area (TPSA) is 66.5 Å². The number of carbonyl (C=O) groups excluding carboxylic acids is 3. The van der Waals surface area contributed by atoms with Gasteiger partial charge in [-0.2, -0.15) is 0 Å². The van der Waals surface area contributed by atoms with Gasteiger partial charge in [-0.1, -0.05) is 6.07 Å². The molecule has 1 aliphatic rings. The minimum absolute atomic E-state index is 0.135. The highest BCUT2D eigenvalue weighted by Gasteiger charge is 2.30. The SMILES string of the molecule is O=C(Nc1ccc(F)cc1F)c1cccc(N2C(=O)CCC2=O)c1. The second-order valence-corrected chi connectivity index (χ2v) is 5.25. The van der Waals surface area contributed by atoms with Gasteiger partial charge in [0.1, 0.15) is 11.6 Å². The van der Waals surface area contributed by atoms with E-state index in [2.05, 4.69) is 5.32 Å². The van der Waals surface area contributed by atoms with Crippen LogP contribution in [-0.4, -0.2) is 17.7 Å². The molecule has 0 unspecified atom stereocenters. The van der Waals surface area contributed by atoms with Crippen molar-refractivity contribution in [1.82, 2.24) is 0 Å². The van der Waals surface area contributed by atoms with Crippen molar-refractivity contribution >= 4 is 29.1 Å². The summed E-state index contributed by atoms with van der Waals surface area (Å²) in [4.78, 5) is 36.8. The van der Waals surface area contributed by atoms with Crippen LogP contribution in [0.2, 0.25) is 0 Å². The number of rotatable bonds is 3. The Balaban J connectivity index is 1.84. The number of carbonyl (C=O) groups is 3. The summed E-state index contributed by atoms with van der Waals surface area (Å²) in [6.07, 6.45) is 0.270. The molecule has 0 radical (unpaired) electrons. The van der Waals surface area contributed by atoms with Crippen molar-refractivity contribution in [1.29, 1.82) is 0 Å². The maximum absolute atomic E-state index is 13.6. The lowest BCUT2D eigenvalue weighted by atomic mass is 10.1. The number of nitrogens with one attached hydrogen (secondary N) is 1. The zero-order valence-electron chi connectivity index (χ0n) is 12.4. The number of hydrogen-bond acceptors (Lipinski definition) is 3. The first kappa shape index (κ1) is 15.8. The van der Waals surface area contributed by atoms with E-state index >= 15 is 0 Å². The summed E-state index contributed by atoms with van der Waals surface area (Å²) >= 11 is 0. The number of halogens is 2. The van der Waals surface area contributed by atoms with Crippen LogP contribution in [0.4, 0.5) is 20.2 Å². The monoisotopic (exact) mass is 330 g/mol. The predicted octanol–water partition coefficient (Wildman–Crippen LogP) is 2.87. The Labute approximate surface area is 135 Å². The van der Waals surface area contributed by atoms with Crippen LogP contribution >= 0.6 is 0 Å². The molecule has 24 heavy (non-hydrogen) atoms. The molecule has 0 aromatic heterocycles. The summed E-state index contributed by atoms with van der Waals surface area (Å²) < 4.78 is 26.5. The molecule has 1 fully saturated rings. The first-order valence-electron chi connectivity index (χ1n) is 7.18. The molecule has 1 N–H and O–H groups in total. The molecule has 0 bridgehead atoms. The molecule has 0 spiro atoms. The number of hydrogen-bond donors (Lipinski definition) is 1. The molecule has 0 atom stereocenters. The minimum Gasteiger partial charge on any atom is -0.319 e. The van der Waals surface area contributed by atoms with Gasteiger partial charge in [0.15, 0.2) is 0 Å². The summed E-state index contributed by atoms with van der Waals surface area (Å²) in [7, 11) is 0. The average Bonchev–Trinajstić information content (AvgIpc) is 2.89. The fourth-order valence-electron chi connectivity index (χ4n) is 2.44. The van der Waals surface area contributed by atoms with Gasteiger partial charge in [-0.15, -0.1) is 0 Å². The molecular weight excluding hydrogens is 318 g/mol. The van der Waals surface area contributed by atoms with Crippen molar-refractivity contribution in [3.05, 3.63) is 59.7 Å². The van der Waals surface area contributed by atoms with E-state index < -0.39 is 17.5 Å². The van der Waals surface area contributed by atoms with Crippen molar-refractivity contribution in [2.24, 2.45) is 0 Å². The highest BCUT2D eigenvalue weighted by molar-refractivity contribution is 6.20. The lowest BCUT2D eigenvalue weighted by Gasteiger charge is -2.15. The Morgan fingerprint density at radius 2 is 1.71 bits per heavy atom. The Kier molecular flexibility index (Phi) is 4.07. The molecule has 2 aromatic carbocycles. The highest BCUT2D eigenvalue weighted by Crippen LogP contribution is 2.24. The zero-order chi connectivity index (χ0) is 17.3. The first-order valence-corrected chi connectivity index (χ1v) is 7.18. The van der Waals surface area contributed by atoms with Crippen molar-refractivity contribution in [3.63, 3.8) is 0 Å². The van der Waals surface area contributed by atoms with E-state index in [0.717, 1.165) is 17.0 Å². The van der Waals surface area contributed by atoms with Gasteiger partial charge in [0, 0.05) is 24.5 Å². The summed E-state index contributed by atoms with van der Waals surface area (Å²) in [5.41, 5.74) is 0.263. The smallest absolute Gasteiger partial charge is 0.255 e. The second-order valence-electron chi connectivity index (χ2n) is 5.25. The minimum atomic E-state index is -0.899. The average molecular weight is 330 g/mol. The van der Waals surface area contributed by atoms with Crippen LogP contribution in [-0.2, 0) is 9.59 Å². The van der Waals surface area contributed by atoms with Gasteiger partial charge < -0.3 is 5.32 Å². The van der Waals surface area contributed by atoms with Gasteiger partial charge >= 0.3 is 0 Å². The third-order valence-electron chi connectivity index (χ3n) is 3.60. The van der Waals surface area contributed by atoms with E-state index in [1.54, 1.807) is 0 Å². The first-order chi connectivity index (χ1) is 11.5. The molecule has 0 saturated carbocycles. The maximum Gasteiger partial charge on any atom is 0.255 e. The van der Waals surface area contributed by atoms with Crippen LogP contribution in [0.5, 0.6) is 0 Å². The highest BCUT2D eigenvalue weighted by atomic mass is 19.1. The van der Waals surface area contributed by atoms with Gasteiger partial charge in [-0.05, 0) is 30.3 Å². The maximum atomic E-state index is 13.6. The van der Waals surface area contributed by atoms with Gasteiger partial charge in [-0.3, -0.25) is 19.3 Å². The van der Waals surface area contributed by atoms with Crippen LogP contribution in [0.3, 0.4) is 0 Å². The van der Waals surface area contributed by atoms with E-state index in [9.17, 15) is 23.2 Å². The van der Waals surface area contributed by atoms with Crippen LogP contribution in [0.1, 0.15) is 23.2 Å². The van der Waals surface area contributed by atoms with E-state index in [1.165, 1.54) is 24.3 Å². The van der Waals surface area contributed by atoms with E-state index in [4.69, 9.17) is 0 Å². The molecule has 0 aliphatic carbocycles. The van der Waals surface area contributed by atoms with Gasteiger partial charge in [0.25, 0.3) is 5.91 Å². The molecule has 3 rings (SSSR count). The lowest BCUT2D eigenvalue weighted by Crippen LogP contribution is -2.28. The van der Waals surface area contributed by atoms with Crippen molar-refractivity contribution in [2.75, 3.05) is 10.2 Å². The molecule has 5 nitrogen and oxygen atoms in total. The van der Waals surface area contributed by atoms with Crippen LogP contribution in [0.15, 0.2) is 42.5 Å². The Bertz CT molecular complexity index is 835. The summed E-state index contributed by atoms with van der Waals surface area (Å²) in [5, 5.41) is 2.32. The number of amides is 3. The molecule has 3 amide bonds. The third kappa shape index (κ3) is 3.01. The molecule has 1 aliphatic heterocycles. The van der Waals surface area contributed by atoms with Gasteiger partial charge in [0.2, 0.25) is 11.8 Å². The third-order valence-corrected chi connectivity index (χ3v) is 3.60.